The zero-order valence-electron chi connectivity index (χ0n) is 15.8. The van der Waals surface area contributed by atoms with Crippen LogP contribution in [0.4, 0.5) is 0 Å². The summed E-state index contributed by atoms with van der Waals surface area (Å²) < 4.78 is 5.27. The third-order valence-corrected chi connectivity index (χ3v) is 5.69. The molecule has 1 saturated heterocycles. The third-order valence-electron chi connectivity index (χ3n) is 5.69. The molecule has 2 heterocycles. The van der Waals surface area contributed by atoms with Crippen LogP contribution in [-0.4, -0.2) is 46.5 Å². The molecule has 4 rings (SSSR count). The highest BCUT2D eigenvalue weighted by Gasteiger charge is 2.25. The van der Waals surface area contributed by atoms with Crippen molar-refractivity contribution in [2.75, 3.05) is 20.2 Å². The van der Waals surface area contributed by atoms with E-state index in [9.17, 15) is 5.11 Å². The van der Waals surface area contributed by atoms with Crippen LogP contribution in [0.2, 0.25) is 0 Å². The van der Waals surface area contributed by atoms with Crippen molar-refractivity contribution in [2.24, 2.45) is 5.92 Å². The van der Waals surface area contributed by atoms with E-state index in [2.05, 4.69) is 33.3 Å². The summed E-state index contributed by atoms with van der Waals surface area (Å²) >= 11 is 0. The number of hydrogen-bond donors (Lipinski definition) is 2. The largest absolute Gasteiger partial charge is 0.497 e. The van der Waals surface area contributed by atoms with Gasteiger partial charge in [0.05, 0.1) is 24.4 Å². The lowest BCUT2D eigenvalue weighted by Crippen LogP contribution is -2.38. The molecule has 1 aliphatic heterocycles. The van der Waals surface area contributed by atoms with Crippen molar-refractivity contribution in [1.82, 2.24) is 15.1 Å². The topological polar surface area (TPSA) is 61.4 Å². The van der Waals surface area contributed by atoms with Crippen LogP contribution in [-0.2, 0) is 13.0 Å². The molecular formula is C22H27N3O2. The Labute approximate surface area is 160 Å². The van der Waals surface area contributed by atoms with Crippen LogP contribution in [0.15, 0.2) is 48.5 Å². The maximum atomic E-state index is 10.6. The van der Waals surface area contributed by atoms with E-state index < -0.39 is 0 Å². The molecule has 0 radical (unpaired) electrons. The fourth-order valence-corrected chi connectivity index (χ4v) is 4.04. The number of likely N-dealkylation sites (tertiary alicyclic amines) is 1. The Hall–Kier alpha value is -2.37. The molecule has 0 spiro atoms. The Morgan fingerprint density at radius 1 is 1.19 bits per heavy atom. The van der Waals surface area contributed by atoms with Crippen molar-refractivity contribution >= 4 is 10.9 Å². The van der Waals surface area contributed by atoms with Crippen LogP contribution in [0.5, 0.6) is 5.75 Å². The molecule has 2 aromatic carbocycles. The number of rotatable bonds is 6. The number of methoxy groups -OCH3 is 1. The number of H-pyrrole nitrogens is 1. The molecule has 0 saturated carbocycles. The fourth-order valence-electron chi connectivity index (χ4n) is 4.04. The predicted octanol–water partition coefficient (Wildman–Crippen LogP) is 3.39. The van der Waals surface area contributed by atoms with Gasteiger partial charge in [-0.3, -0.25) is 10.00 Å². The van der Waals surface area contributed by atoms with Crippen LogP contribution in [0.1, 0.15) is 24.1 Å². The Balaban J connectivity index is 1.33. The predicted molar refractivity (Wildman–Crippen MR) is 107 cm³/mol. The van der Waals surface area contributed by atoms with Crippen molar-refractivity contribution < 1.29 is 9.84 Å². The van der Waals surface area contributed by atoms with Gasteiger partial charge in [0, 0.05) is 18.0 Å². The standard InChI is InChI=1S/C22H27N3O2/c1-27-18-7-8-19-20(14-18)23-24-21(19)15-25-11-9-17(10-12-25)22(26)13-16-5-3-2-4-6-16/h2-8,14,17,22,26H,9-13,15H2,1H3,(H,23,24). The van der Waals surface area contributed by atoms with Crippen LogP contribution in [0.25, 0.3) is 10.9 Å². The number of ether oxygens (including phenoxy) is 1. The highest BCUT2D eigenvalue weighted by molar-refractivity contribution is 5.82. The summed E-state index contributed by atoms with van der Waals surface area (Å²) in [5.41, 5.74) is 3.31. The summed E-state index contributed by atoms with van der Waals surface area (Å²) in [5, 5.41) is 19.4. The summed E-state index contributed by atoms with van der Waals surface area (Å²) in [6, 6.07) is 16.3. The van der Waals surface area contributed by atoms with Gasteiger partial charge in [-0.05, 0) is 56.0 Å². The first-order valence-corrected chi connectivity index (χ1v) is 9.68. The Kier molecular flexibility index (Phi) is 5.41. The van der Waals surface area contributed by atoms with Crippen molar-refractivity contribution in [2.45, 2.75) is 31.9 Å². The Bertz CT molecular complexity index is 870. The molecule has 27 heavy (non-hydrogen) atoms. The molecule has 5 nitrogen and oxygen atoms in total. The van der Waals surface area contributed by atoms with E-state index in [0.29, 0.717) is 5.92 Å². The number of fused-ring (bicyclic) bond motifs is 1. The number of aliphatic hydroxyl groups is 1. The van der Waals surface area contributed by atoms with E-state index in [1.807, 2.05) is 30.3 Å². The molecule has 0 amide bonds. The Morgan fingerprint density at radius 3 is 2.70 bits per heavy atom. The molecule has 142 valence electrons. The summed E-state index contributed by atoms with van der Waals surface area (Å²) in [4.78, 5) is 2.45. The van der Waals surface area contributed by atoms with Crippen molar-refractivity contribution in [3.05, 3.63) is 59.8 Å². The van der Waals surface area contributed by atoms with Crippen molar-refractivity contribution in [1.29, 1.82) is 0 Å². The van der Waals surface area contributed by atoms with Crippen LogP contribution in [0, 0.1) is 5.92 Å². The minimum absolute atomic E-state index is 0.255. The zero-order valence-corrected chi connectivity index (χ0v) is 15.8. The third kappa shape index (κ3) is 4.15. The number of nitrogens with one attached hydrogen (secondary N) is 1. The first-order chi connectivity index (χ1) is 13.2. The molecule has 2 N–H and O–H groups in total. The van der Waals surface area contributed by atoms with Gasteiger partial charge in [-0.2, -0.15) is 5.10 Å². The monoisotopic (exact) mass is 365 g/mol. The van der Waals surface area contributed by atoms with Gasteiger partial charge in [0.2, 0.25) is 0 Å². The number of hydrogen-bond acceptors (Lipinski definition) is 4. The number of aliphatic hydroxyl groups excluding tert-OH is 1. The molecule has 5 heteroatoms. The lowest BCUT2D eigenvalue weighted by Gasteiger charge is -2.34. The number of aromatic amines is 1. The van der Waals surface area contributed by atoms with E-state index in [1.54, 1.807) is 7.11 Å². The fraction of sp³-hybridized carbons (Fsp3) is 0.409. The number of nitrogens with zero attached hydrogens (tertiary/aromatic N) is 2. The average Bonchev–Trinajstić information content (AvgIpc) is 3.11. The first-order valence-electron chi connectivity index (χ1n) is 9.68. The van der Waals surface area contributed by atoms with Gasteiger partial charge in [0.15, 0.2) is 0 Å². The van der Waals surface area contributed by atoms with E-state index in [-0.39, 0.29) is 6.10 Å². The number of aromatic nitrogens is 2. The molecular weight excluding hydrogens is 338 g/mol. The van der Waals surface area contributed by atoms with Crippen molar-refractivity contribution in [3.8, 4) is 5.75 Å². The number of benzene rings is 2. The summed E-state index contributed by atoms with van der Waals surface area (Å²) in [6.45, 7) is 2.88. The van der Waals surface area contributed by atoms with Gasteiger partial charge < -0.3 is 9.84 Å². The molecule has 1 aliphatic rings. The van der Waals surface area contributed by atoms with E-state index in [4.69, 9.17) is 4.74 Å². The molecule has 1 unspecified atom stereocenters. The van der Waals surface area contributed by atoms with Gasteiger partial charge in [-0.15, -0.1) is 0 Å². The highest BCUT2D eigenvalue weighted by atomic mass is 16.5. The van der Waals surface area contributed by atoms with Gasteiger partial charge >= 0.3 is 0 Å². The van der Waals surface area contributed by atoms with Crippen LogP contribution < -0.4 is 4.74 Å². The van der Waals surface area contributed by atoms with Gasteiger partial charge in [0.1, 0.15) is 5.75 Å². The van der Waals surface area contributed by atoms with Gasteiger partial charge in [0.25, 0.3) is 0 Å². The molecule has 0 aliphatic carbocycles. The van der Waals surface area contributed by atoms with Gasteiger partial charge in [-0.1, -0.05) is 30.3 Å². The second-order valence-corrected chi connectivity index (χ2v) is 7.46. The maximum Gasteiger partial charge on any atom is 0.121 e. The lowest BCUT2D eigenvalue weighted by molar-refractivity contribution is 0.0574. The molecule has 1 aromatic heterocycles. The summed E-state index contributed by atoms with van der Waals surface area (Å²) in [7, 11) is 1.67. The van der Waals surface area contributed by atoms with Crippen molar-refractivity contribution in [3.63, 3.8) is 0 Å². The normalized spacial score (nSPS) is 17.3. The van der Waals surface area contributed by atoms with Crippen LogP contribution >= 0.6 is 0 Å². The minimum Gasteiger partial charge on any atom is -0.497 e. The molecule has 3 aromatic rings. The maximum absolute atomic E-state index is 10.6. The lowest BCUT2D eigenvalue weighted by atomic mass is 9.88. The van der Waals surface area contributed by atoms with Crippen LogP contribution in [0.3, 0.4) is 0 Å². The second-order valence-electron chi connectivity index (χ2n) is 7.46. The second kappa shape index (κ2) is 8.11. The van der Waals surface area contributed by atoms with Gasteiger partial charge in [-0.25, -0.2) is 0 Å². The minimum atomic E-state index is -0.255. The smallest absolute Gasteiger partial charge is 0.121 e. The first kappa shape index (κ1) is 18.0. The quantitative estimate of drug-likeness (QED) is 0.703. The van der Waals surface area contributed by atoms with E-state index >= 15 is 0 Å². The molecule has 1 atom stereocenters. The Morgan fingerprint density at radius 2 is 1.96 bits per heavy atom. The molecule has 1 fully saturated rings. The number of piperidine rings is 1. The average molecular weight is 365 g/mol. The highest BCUT2D eigenvalue weighted by Crippen LogP contribution is 2.26. The summed E-state index contributed by atoms with van der Waals surface area (Å²) in [6.07, 6.45) is 2.57. The summed E-state index contributed by atoms with van der Waals surface area (Å²) in [5.74, 6) is 1.21. The SMILES string of the molecule is COc1ccc2c(CN3CCC(C(O)Cc4ccccc4)CC3)[nH]nc2c1. The zero-order chi connectivity index (χ0) is 18.6. The molecule has 0 bridgehead atoms. The van der Waals surface area contributed by atoms with E-state index in [0.717, 1.165) is 61.2 Å². The van der Waals surface area contributed by atoms with E-state index in [1.165, 1.54) is 5.56 Å².